The number of imidazole rings is 1. The quantitative estimate of drug-likeness (QED) is 0.346. The van der Waals surface area contributed by atoms with Crippen LogP contribution in [0.4, 0.5) is 0 Å². The molecule has 0 unspecified atom stereocenters. The third kappa shape index (κ3) is 5.89. The maximum Gasteiger partial charge on any atom is 0.257 e. The molecule has 4 aromatic rings. The van der Waals surface area contributed by atoms with Gasteiger partial charge in [0.25, 0.3) is 5.91 Å². The normalized spacial score (nSPS) is 10.9. The van der Waals surface area contributed by atoms with Crippen LogP contribution in [0.3, 0.4) is 0 Å². The summed E-state index contributed by atoms with van der Waals surface area (Å²) in [5.41, 5.74) is 3.47. The fourth-order valence-electron chi connectivity index (χ4n) is 3.66. The Morgan fingerprint density at radius 1 is 0.938 bits per heavy atom. The van der Waals surface area contributed by atoms with E-state index in [1.54, 1.807) is 24.3 Å². The van der Waals surface area contributed by atoms with Gasteiger partial charge in [-0.1, -0.05) is 54.1 Å². The molecular formula is C26H26ClN3O2. The van der Waals surface area contributed by atoms with Crippen LogP contribution in [0.25, 0.3) is 11.0 Å². The molecule has 5 nitrogen and oxygen atoms in total. The summed E-state index contributed by atoms with van der Waals surface area (Å²) in [6.07, 6.45) is 2.55. The lowest BCUT2D eigenvalue weighted by atomic mass is 10.1. The maximum atomic E-state index is 12.1. The molecule has 0 aliphatic heterocycles. The lowest BCUT2D eigenvalue weighted by molar-refractivity contribution is -0.123. The zero-order valence-corrected chi connectivity index (χ0v) is 18.6. The van der Waals surface area contributed by atoms with Crippen LogP contribution < -0.4 is 10.1 Å². The number of carbonyl (C=O) groups excluding carboxylic acids is 1. The summed E-state index contributed by atoms with van der Waals surface area (Å²) in [6, 6.07) is 25.7. The van der Waals surface area contributed by atoms with Gasteiger partial charge in [-0.15, -0.1) is 0 Å². The molecule has 0 atom stereocenters. The molecule has 0 radical (unpaired) electrons. The van der Waals surface area contributed by atoms with E-state index >= 15 is 0 Å². The van der Waals surface area contributed by atoms with Gasteiger partial charge in [0.05, 0.1) is 11.0 Å². The number of ether oxygens (including phenoxy) is 1. The van der Waals surface area contributed by atoms with Gasteiger partial charge in [0.2, 0.25) is 0 Å². The maximum absolute atomic E-state index is 12.1. The van der Waals surface area contributed by atoms with E-state index in [1.165, 1.54) is 5.56 Å². The number of rotatable bonds is 10. The molecule has 1 N–H and O–H groups in total. The SMILES string of the molecule is O=C(COc1ccc(Cl)cc1)NCCCc1nc2ccccc2n1CCc1ccccc1. The minimum absolute atomic E-state index is 0.0166. The average molecular weight is 448 g/mol. The molecule has 1 aromatic heterocycles. The fourth-order valence-corrected chi connectivity index (χ4v) is 3.78. The summed E-state index contributed by atoms with van der Waals surface area (Å²) in [7, 11) is 0. The van der Waals surface area contributed by atoms with Crippen molar-refractivity contribution in [2.75, 3.05) is 13.2 Å². The number of hydrogen-bond donors (Lipinski definition) is 1. The first kappa shape index (κ1) is 21.9. The molecule has 0 aliphatic rings. The van der Waals surface area contributed by atoms with Crippen LogP contribution in [-0.2, 0) is 24.2 Å². The van der Waals surface area contributed by atoms with Gasteiger partial charge in [0, 0.05) is 24.5 Å². The molecule has 0 saturated carbocycles. The van der Waals surface area contributed by atoms with Crippen molar-refractivity contribution in [3.63, 3.8) is 0 Å². The van der Waals surface area contributed by atoms with Crippen molar-refractivity contribution in [2.45, 2.75) is 25.8 Å². The summed E-state index contributed by atoms with van der Waals surface area (Å²) in [5, 5.41) is 3.55. The van der Waals surface area contributed by atoms with E-state index in [0.29, 0.717) is 17.3 Å². The smallest absolute Gasteiger partial charge is 0.257 e. The molecule has 0 bridgehead atoms. The Morgan fingerprint density at radius 2 is 1.69 bits per heavy atom. The van der Waals surface area contributed by atoms with Crippen molar-refractivity contribution >= 4 is 28.5 Å². The number of benzene rings is 3. The molecular weight excluding hydrogens is 422 g/mol. The second-order valence-electron chi connectivity index (χ2n) is 7.60. The number of aromatic nitrogens is 2. The monoisotopic (exact) mass is 447 g/mol. The summed E-state index contributed by atoms with van der Waals surface area (Å²) in [5.74, 6) is 1.53. The summed E-state index contributed by atoms with van der Waals surface area (Å²) < 4.78 is 7.78. The highest BCUT2D eigenvalue weighted by molar-refractivity contribution is 6.30. The average Bonchev–Trinajstić information content (AvgIpc) is 3.18. The molecule has 164 valence electrons. The Labute approximate surface area is 193 Å². The molecule has 1 amide bonds. The second-order valence-corrected chi connectivity index (χ2v) is 8.04. The predicted octanol–water partition coefficient (Wildman–Crippen LogP) is 5.06. The van der Waals surface area contributed by atoms with Gasteiger partial charge in [-0.25, -0.2) is 4.98 Å². The van der Waals surface area contributed by atoms with Crippen molar-refractivity contribution in [1.82, 2.24) is 14.9 Å². The number of aryl methyl sites for hydroxylation is 3. The van der Waals surface area contributed by atoms with E-state index in [4.69, 9.17) is 21.3 Å². The molecule has 32 heavy (non-hydrogen) atoms. The van der Waals surface area contributed by atoms with Crippen molar-refractivity contribution in [2.24, 2.45) is 0 Å². The Bertz CT molecular complexity index is 1160. The molecule has 3 aromatic carbocycles. The van der Waals surface area contributed by atoms with Crippen molar-refractivity contribution in [3.05, 3.63) is 95.3 Å². The number of carbonyl (C=O) groups is 1. The van der Waals surface area contributed by atoms with E-state index in [0.717, 1.165) is 42.7 Å². The van der Waals surface area contributed by atoms with Crippen molar-refractivity contribution < 1.29 is 9.53 Å². The van der Waals surface area contributed by atoms with Gasteiger partial charge in [-0.2, -0.15) is 0 Å². The zero-order chi connectivity index (χ0) is 22.2. The summed E-state index contributed by atoms with van der Waals surface area (Å²) in [6.45, 7) is 1.43. The number of nitrogens with one attached hydrogen (secondary N) is 1. The number of halogens is 1. The Morgan fingerprint density at radius 3 is 2.50 bits per heavy atom. The van der Waals surface area contributed by atoms with E-state index < -0.39 is 0 Å². The molecule has 0 saturated heterocycles. The lowest BCUT2D eigenvalue weighted by Gasteiger charge is -2.10. The molecule has 6 heteroatoms. The van der Waals surface area contributed by atoms with E-state index in [-0.39, 0.29) is 12.5 Å². The first-order chi connectivity index (χ1) is 15.7. The van der Waals surface area contributed by atoms with Gasteiger partial charge >= 0.3 is 0 Å². The third-order valence-electron chi connectivity index (χ3n) is 5.28. The van der Waals surface area contributed by atoms with Crippen LogP contribution in [0.15, 0.2) is 78.9 Å². The first-order valence-electron chi connectivity index (χ1n) is 10.8. The molecule has 1 heterocycles. The third-order valence-corrected chi connectivity index (χ3v) is 5.54. The van der Waals surface area contributed by atoms with Gasteiger partial charge in [0.1, 0.15) is 11.6 Å². The number of nitrogens with zero attached hydrogens (tertiary/aromatic N) is 2. The van der Waals surface area contributed by atoms with Crippen molar-refractivity contribution in [1.29, 1.82) is 0 Å². The molecule has 0 aliphatic carbocycles. The Balaban J connectivity index is 1.29. The minimum Gasteiger partial charge on any atom is -0.484 e. The van der Waals surface area contributed by atoms with E-state index in [9.17, 15) is 4.79 Å². The van der Waals surface area contributed by atoms with Crippen LogP contribution in [-0.4, -0.2) is 28.6 Å². The highest BCUT2D eigenvalue weighted by Gasteiger charge is 2.11. The van der Waals surface area contributed by atoms with E-state index in [2.05, 4.69) is 40.2 Å². The fraction of sp³-hybridized carbons (Fsp3) is 0.231. The van der Waals surface area contributed by atoms with Crippen LogP contribution in [0.1, 0.15) is 17.8 Å². The standard InChI is InChI=1S/C26H26ClN3O2/c27-21-12-14-22(15-13-21)32-19-26(31)28-17-6-11-25-29-23-9-4-5-10-24(23)30(25)18-16-20-7-2-1-3-8-20/h1-5,7-10,12-15H,6,11,16-19H2,(H,28,31). The molecule has 0 spiro atoms. The van der Waals surface area contributed by atoms with Crippen LogP contribution in [0.5, 0.6) is 5.75 Å². The second kappa shape index (κ2) is 10.8. The van der Waals surface area contributed by atoms with Gasteiger partial charge < -0.3 is 14.6 Å². The van der Waals surface area contributed by atoms with E-state index in [1.807, 2.05) is 24.3 Å². The number of para-hydroxylation sites is 2. The highest BCUT2D eigenvalue weighted by atomic mass is 35.5. The molecule has 0 fully saturated rings. The predicted molar refractivity (Wildman–Crippen MR) is 128 cm³/mol. The first-order valence-corrected chi connectivity index (χ1v) is 11.2. The van der Waals surface area contributed by atoms with Gasteiger partial charge in [-0.3, -0.25) is 4.79 Å². The number of fused-ring (bicyclic) bond motifs is 1. The minimum atomic E-state index is -0.141. The Kier molecular flexibility index (Phi) is 7.41. The van der Waals surface area contributed by atoms with Crippen LogP contribution in [0.2, 0.25) is 5.02 Å². The van der Waals surface area contributed by atoms with Gasteiger partial charge in [0.15, 0.2) is 6.61 Å². The lowest BCUT2D eigenvalue weighted by Crippen LogP contribution is -2.30. The highest BCUT2D eigenvalue weighted by Crippen LogP contribution is 2.18. The van der Waals surface area contributed by atoms with Gasteiger partial charge in [-0.05, 0) is 54.8 Å². The summed E-state index contributed by atoms with van der Waals surface area (Å²) in [4.78, 5) is 16.9. The summed E-state index contributed by atoms with van der Waals surface area (Å²) >= 11 is 5.86. The Hall–Kier alpha value is -3.31. The number of hydrogen-bond acceptors (Lipinski definition) is 3. The zero-order valence-electron chi connectivity index (χ0n) is 17.8. The van der Waals surface area contributed by atoms with Crippen molar-refractivity contribution in [3.8, 4) is 5.75 Å². The number of amides is 1. The molecule has 4 rings (SSSR count). The van der Waals surface area contributed by atoms with Crippen LogP contribution >= 0.6 is 11.6 Å². The topological polar surface area (TPSA) is 56.1 Å². The van der Waals surface area contributed by atoms with Crippen LogP contribution in [0, 0.1) is 0 Å². The largest absolute Gasteiger partial charge is 0.484 e.